The number of fused-ring (bicyclic) bond motifs is 1. The molecule has 3 aromatic heterocycles. The molecule has 4 nitrogen and oxygen atoms in total. The number of rotatable bonds is 5. The van der Waals surface area contributed by atoms with E-state index < -0.39 is 0 Å². The quantitative estimate of drug-likeness (QED) is 0.498. The highest BCUT2D eigenvalue weighted by Crippen LogP contribution is 2.35. The van der Waals surface area contributed by atoms with E-state index in [0.29, 0.717) is 17.6 Å². The van der Waals surface area contributed by atoms with Gasteiger partial charge in [0.05, 0.1) is 20.8 Å². The van der Waals surface area contributed by atoms with Crippen LogP contribution < -0.4 is 5.32 Å². The molecule has 0 saturated heterocycles. The first-order chi connectivity index (χ1) is 12.8. The molecule has 1 N–H and O–H groups in total. The summed E-state index contributed by atoms with van der Waals surface area (Å²) >= 11 is 3.27. The predicted octanol–water partition coefficient (Wildman–Crippen LogP) is 5.00. The van der Waals surface area contributed by atoms with Crippen LogP contribution in [0, 0.1) is 0 Å². The molecular formula is C20H15N3OS2. The van der Waals surface area contributed by atoms with Crippen molar-refractivity contribution in [2.75, 3.05) is 6.54 Å². The fourth-order valence-corrected chi connectivity index (χ4v) is 4.06. The number of carbonyl (C=O) groups excluding carboxylic acids is 1. The number of carbonyl (C=O) groups is 1. The fraction of sp³-hybridized carbons (Fsp3) is 0.0500. The summed E-state index contributed by atoms with van der Waals surface area (Å²) in [6, 6.07) is 13.5. The third-order valence-electron chi connectivity index (χ3n) is 3.84. The topological polar surface area (TPSA) is 54.9 Å². The number of thiophene rings is 2. The van der Waals surface area contributed by atoms with E-state index in [9.17, 15) is 4.79 Å². The van der Waals surface area contributed by atoms with Gasteiger partial charge in [-0.2, -0.15) is 0 Å². The predicted molar refractivity (Wildman–Crippen MR) is 109 cm³/mol. The molecule has 0 atom stereocenters. The zero-order valence-electron chi connectivity index (χ0n) is 13.8. The molecule has 0 spiro atoms. The molecule has 1 amide bonds. The van der Waals surface area contributed by atoms with Crippen molar-refractivity contribution in [1.29, 1.82) is 0 Å². The van der Waals surface area contributed by atoms with E-state index in [4.69, 9.17) is 9.97 Å². The van der Waals surface area contributed by atoms with Crippen molar-refractivity contribution < 1.29 is 4.79 Å². The molecular weight excluding hydrogens is 362 g/mol. The Morgan fingerprint density at radius 1 is 1.00 bits per heavy atom. The van der Waals surface area contributed by atoms with Crippen LogP contribution in [0.5, 0.6) is 0 Å². The van der Waals surface area contributed by atoms with Gasteiger partial charge in [-0.1, -0.05) is 18.2 Å². The molecule has 26 heavy (non-hydrogen) atoms. The number of amides is 1. The Morgan fingerprint density at radius 2 is 1.65 bits per heavy atom. The normalized spacial score (nSPS) is 10.8. The first-order valence-electron chi connectivity index (χ1n) is 8.05. The van der Waals surface area contributed by atoms with Crippen molar-refractivity contribution in [3.05, 3.63) is 71.4 Å². The van der Waals surface area contributed by atoms with Crippen LogP contribution in [0.4, 0.5) is 0 Å². The highest BCUT2D eigenvalue weighted by molar-refractivity contribution is 7.14. The van der Waals surface area contributed by atoms with Gasteiger partial charge in [-0.05, 0) is 41.1 Å². The minimum absolute atomic E-state index is 0.145. The molecule has 0 fully saturated rings. The van der Waals surface area contributed by atoms with E-state index in [1.54, 1.807) is 40.9 Å². The lowest BCUT2D eigenvalue weighted by Crippen LogP contribution is -2.23. The van der Waals surface area contributed by atoms with Gasteiger partial charge in [0.15, 0.2) is 0 Å². The van der Waals surface area contributed by atoms with Crippen LogP contribution in [-0.4, -0.2) is 22.4 Å². The standard InChI is InChI=1S/C20H15N3OS2/c1-2-9-21-20(24)13-7-8-14-15(12-13)23-19(17-6-4-11-26-17)18(22-14)16-5-3-10-25-16/h2-8,10-12H,1,9H2,(H,21,24). The number of hydrogen-bond donors (Lipinski definition) is 1. The minimum Gasteiger partial charge on any atom is -0.349 e. The van der Waals surface area contributed by atoms with Crippen molar-refractivity contribution in [3.63, 3.8) is 0 Å². The molecule has 6 heteroatoms. The third-order valence-corrected chi connectivity index (χ3v) is 5.60. The maximum Gasteiger partial charge on any atom is 0.251 e. The van der Waals surface area contributed by atoms with Crippen molar-refractivity contribution in [2.24, 2.45) is 0 Å². The number of nitrogens with one attached hydrogen (secondary N) is 1. The van der Waals surface area contributed by atoms with Crippen LogP contribution >= 0.6 is 22.7 Å². The molecule has 1 aromatic carbocycles. The largest absolute Gasteiger partial charge is 0.349 e. The number of hydrogen-bond acceptors (Lipinski definition) is 5. The van der Waals surface area contributed by atoms with Gasteiger partial charge >= 0.3 is 0 Å². The molecule has 4 aromatic rings. The maximum absolute atomic E-state index is 12.2. The Bertz CT molecular complexity index is 1070. The molecule has 0 unspecified atom stereocenters. The third kappa shape index (κ3) is 3.16. The second kappa shape index (κ2) is 7.19. The summed E-state index contributed by atoms with van der Waals surface area (Å²) in [6.07, 6.45) is 1.65. The molecule has 0 aliphatic carbocycles. The highest BCUT2D eigenvalue weighted by Gasteiger charge is 2.16. The monoisotopic (exact) mass is 377 g/mol. The van der Waals surface area contributed by atoms with Crippen molar-refractivity contribution in [3.8, 4) is 21.1 Å². The van der Waals surface area contributed by atoms with E-state index in [1.807, 2.05) is 35.0 Å². The van der Waals surface area contributed by atoms with Crippen molar-refractivity contribution >= 4 is 39.6 Å². The summed E-state index contributed by atoms with van der Waals surface area (Å²) in [7, 11) is 0. The average molecular weight is 377 g/mol. The van der Waals surface area contributed by atoms with E-state index >= 15 is 0 Å². The van der Waals surface area contributed by atoms with Crippen LogP contribution in [0.2, 0.25) is 0 Å². The van der Waals surface area contributed by atoms with Gasteiger partial charge in [-0.3, -0.25) is 4.79 Å². The first kappa shape index (κ1) is 16.6. The molecule has 0 bridgehead atoms. The van der Waals surface area contributed by atoms with E-state index in [-0.39, 0.29) is 5.91 Å². The molecule has 128 valence electrons. The minimum atomic E-state index is -0.145. The molecule has 0 saturated carbocycles. The summed E-state index contributed by atoms with van der Waals surface area (Å²) in [6.45, 7) is 4.05. The average Bonchev–Trinajstić information content (AvgIpc) is 3.38. The SMILES string of the molecule is C=CCNC(=O)c1ccc2nc(-c3cccs3)c(-c3cccs3)nc2c1. The number of benzene rings is 1. The Labute approximate surface area is 158 Å². The lowest BCUT2D eigenvalue weighted by atomic mass is 10.1. The Balaban J connectivity index is 1.86. The Morgan fingerprint density at radius 3 is 2.23 bits per heavy atom. The summed E-state index contributed by atoms with van der Waals surface area (Å²) in [5.74, 6) is -0.145. The number of nitrogens with zero attached hydrogens (tertiary/aromatic N) is 2. The Hall–Kier alpha value is -2.83. The molecule has 3 heterocycles. The zero-order valence-corrected chi connectivity index (χ0v) is 15.4. The van der Waals surface area contributed by atoms with Gasteiger partial charge < -0.3 is 5.32 Å². The van der Waals surface area contributed by atoms with Crippen molar-refractivity contribution in [1.82, 2.24) is 15.3 Å². The lowest BCUT2D eigenvalue weighted by Gasteiger charge is -2.09. The second-order valence-electron chi connectivity index (χ2n) is 5.58. The Kier molecular flexibility index (Phi) is 4.60. The van der Waals surface area contributed by atoms with Crippen LogP contribution in [0.15, 0.2) is 65.9 Å². The zero-order chi connectivity index (χ0) is 17.9. The van der Waals surface area contributed by atoms with Gasteiger partial charge in [0.25, 0.3) is 5.91 Å². The summed E-state index contributed by atoms with van der Waals surface area (Å²) in [5.41, 5.74) is 3.76. The number of aromatic nitrogens is 2. The molecule has 0 aliphatic rings. The van der Waals surface area contributed by atoms with Crippen LogP contribution in [0.25, 0.3) is 32.2 Å². The molecule has 4 rings (SSSR count). The first-order valence-corrected chi connectivity index (χ1v) is 9.81. The van der Waals surface area contributed by atoms with E-state index in [2.05, 4.69) is 18.0 Å². The second-order valence-corrected chi connectivity index (χ2v) is 7.47. The fourth-order valence-electron chi connectivity index (χ4n) is 2.63. The summed E-state index contributed by atoms with van der Waals surface area (Å²) < 4.78 is 0. The highest BCUT2D eigenvalue weighted by atomic mass is 32.1. The van der Waals surface area contributed by atoms with E-state index in [1.165, 1.54) is 0 Å². The lowest BCUT2D eigenvalue weighted by molar-refractivity contribution is 0.0958. The van der Waals surface area contributed by atoms with Gasteiger partial charge in [-0.15, -0.1) is 29.3 Å². The van der Waals surface area contributed by atoms with Crippen LogP contribution in [0.1, 0.15) is 10.4 Å². The van der Waals surface area contributed by atoms with Crippen molar-refractivity contribution in [2.45, 2.75) is 0 Å². The van der Waals surface area contributed by atoms with Gasteiger partial charge in [-0.25, -0.2) is 9.97 Å². The summed E-state index contributed by atoms with van der Waals surface area (Å²) in [5, 5.41) is 6.85. The van der Waals surface area contributed by atoms with Gasteiger partial charge in [0.1, 0.15) is 11.4 Å². The van der Waals surface area contributed by atoms with Crippen LogP contribution in [0.3, 0.4) is 0 Å². The van der Waals surface area contributed by atoms with E-state index in [0.717, 1.165) is 26.7 Å². The van der Waals surface area contributed by atoms with Gasteiger partial charge in [0.2, 0.25) is 0 Å². The smallest absolute Gasteiger partial charge is 0.251 e. The molecule has 0 aliphatic heterocycles. The maximum atomic E-state index is 12.2. The van der Waals surface area contributed by atoms with Gasteiger partial charge in [0, 0.05) is 12.1 Å². The summed E-state index contributed by atoms with van der Waals surface area (Å²) in [4.78, 5) is 24.0. The molecule has 0 radical (unpaired) electrons. The van der Waals surface area contributed by atoms with Crippen LogP contribution in [-0.2, 0) is 0 Å².